The third kappa shape index (κ3) is 3.12. The van der Waals surface area contributed by atoms with Crippen molar-refractivity contribution in [3.63, 3.8) is 0 Å². The maximum atomic E-state index is 13.8. The van der Waals surface area contributed by atoms with Crippen LogP contribution in [0.2, 0.25) is 0 Å². The molecule has 2 saturated heterocycles. The molecule has 0 aliphatic carbocycles. The summed E-state index contributed by atoms with van der Waals surface area (Å²) in [5.74, 6) is -1.14. The van der Waals surface area contributed by atoms with Crippen molar-refractivity contribution in [2.24, 2.45) is 5.41 Å². The van der Waals surface area contributed by atoms with Gasteiger partial charge in [-0.25, -0.2) is 4.79 Å². The lowest BCUT2D eigenvalue weighted by molar-refractivity contribution is -0.384. The van der Waals surface area contributed by atoms with Gasteiger partial charge in [0.05, 0.1) is 11.0 Å². The summed E-state index contributed by atoms with van der Waals surface area (Å²) in [7, 11) is 2.77. The van der Waals surface area contributed by atoms with Gasteiger partial charge >= 0.3 is 6.03 Å². The first-order chi connectivity index (χ1) is 16.6. The Hall–Kier alpha value is -3.95. The fraction of sp³-hybridized carbons (Fsp3) is 0.400. The molecule has 0 bridgehead atoms. The van der Waals surface area contributed by atoms with Crippen molar-refractivity contribution in [2.45, 2.75) is 26.3 Å². The number of nitro groups is 1. The maximum Gasteiger partial charge on any atom is 0.332 e. The Morgan fingerprint density at radius 1 is 0.971 bits per heavy atom. The first-order valence-corrected chi connectivity index (χ1v) is 11.5. The van der Waals surface area contributed by atoms with Crippen LogP contribution in [0.4, 0.5) is 21.9 Å². The Kier molecular flexibility index (Phi) is 5.08. The molecule has 2 fully saturated rings. The molecule has 4 amide bonds. The van der Waals surface area contributed by atoms with Crippen molar-refractivity contribution >= 4 is 34.9 Å². The number of barbiturate groups is 1. The molecule has 3 aliphatic rings. The number of imide groups is 2. The minimum atomic E-state index is -1.57. The van der Waals surface area contributed by atoms with Crippen molar-refractivity contribution < 1.29 is 19.3 Å². The van der Waals surface area contributed by atoms with Crippen LogP contribution in [0.3, 0.4) is 0 Å². The number of anilines is 2. The molecule has 0 N–H and O–H groups in total. The second-order valence-corrected chi connectivity index (χ2v) is 9.60. The second-order valence-electron chi connectivity index (χ2n) is 9.60. The normalized spacial score (nSPS) is 21.4. The van der Waals surface area contributed by atoms with Crippen LogP contribution in [0.25, 0.3) is 0 Å². The Morgan fingerprint density at radius 3 is 2.31 bits per heavy atom. The molecule has 0 saturated carbocycles. The molecule has 182 valence electrons. The molecule has 35 heavy (non-hydrogen) atoms. The summed E-state index contributed by atoms with van der Waals surface area (Å²) in [4.78, 5) is 57.4. The van der Waals surface area contributed by atoms with E-state index in [4.69, 9.17) is 0 Å². The van der Waals surface area contributed by atoms with E-state index in [1.165, 1.54) is 26.2 Å². The molecular weight excluding hydrogens is 450 g/mol. The van der Waals surface area contributed by atoms with Gasteiger partial charge < -0.3 is 9.80 Å². The molecule has 2 aromatic carbocycles. The molecule has 0 aromatic heterocycles. The number of carbonyl (C=O) groups is 3. The quantitative estimate of drug-likeness (QED) is 0.372. The number of fused-ring (bicyclic) bond motifs is 4. The van der Waals surface area contributed by atoms with Gasteiger partial charge in [0.25, 0.3) is 5.69 Å². The molecule has 5 rings (SSSR count). The molecule has 2 aromatic rings. The van der Waals surface area contributed by atoms with Crippen molar-refractivity contribution in [1.82, 2.24) is 9.80 Å². The SMILES string of the molecule is Cc1cccc(N2CCN3c4ccc([N+](=O)[O-])cc4CC4(C(=O)N(C)C(=O)N(C)C4=O)[C@H]3C2)c1C. The summed E-state index contributed by atoms with van der Waals surface area (Å²) >= 11 is 0. The molecule has 3 aliphatic heterocycles. The average molecular weight is 478 g/mol. The lowest BCUT2D eigenvalue weighted by atomic mass is 9.67. The van der Waals surface area contributed by atoms with Crippen molar-refractivity contribution in [3.05, 3.63) is 63.2 Å². The van der Waals surface area contributed by atoms with Crippen molar-refractivity contribution in [2.75, 3.05) is 43.5 Å². The highest BCUT2D eigenvalue weighted by molar-refractivity contribution is 6.20. The molecule has 1 spiro atoms. The van der Waals surface area contributed by atoms with Gasteiger partial charge in [0.2, 0.25) is 11.8 Å². The lowest BCUT2D eigenvalue weighted by Crippen LogP contribution is -2.74. The van der Waals surface area contributed by atoms with Crippen LogP contribution in [-0.4, -0.2) is 72.3 Å². The van der Waals surface area contributed by atoms with E-state index in [-0.39, 0.29) is 12.1 Å². The lowest BCUT2D eigenvalue weighted by Gasteiger charge is -2.56. The van der Waals surface area contributed by atoms with E-state index in [2.05, 4.69) is 11.8 Å². The van der Waals surface area contributed by atoms with E-state index in [1.54, 1.807) is 6.07 Å². The number of carbonyl (C=O) groups excluding carboxylic acids is 3. The maximum absolute atomic E-state index is 13.8. The first kappa shape index (κ1) is 22.8. The zero-order valence-electron chi connectivity index (χ0n) is 20.1. The van der Waals surface area contributed by atoms with Gasteiger partial charge in [-0.05, 0) is 42.7 Å². The Balaban J connectivity index is 1.67. The molecule has 1 atom stereocenters. The van der Waals surface area contributed by atoms with Gasteiger partial charge in [0, 0.05) is 63.7 Å². The Bertz CT molecular complexity index is 1270. The minimum Gasteiger partial charge on any atom is -0.367 e. The van der Waals surface area contributed by atoms with Crippen LogP contribution < -0.4 is 9.80 Å². The Morgan fingerprint density at radius 2 is 1.66 bits per heavy atom. The molecule has 10 heteroatoms. The van der Waals surface area contributed by atoms with Gasteiger partial charge in [0.15, 0.2) is 5.41 Å². The van der Waals surface area contributed by atoms with E-state index >= 15 is 0 Å². The summed E-state index contributed by atoms with van der Waals surface area (Å²) in [5.41, 5.74) is 3.00. The standard InChI is InChI=1S/C25H27N5O5/c1-15-6-5-7-19(16(15)2)28-10-11-29-20-9-8-18(30(34)35)12-17(20)13-25(21(29)14-28)22(31)26(3)24(33)27(4)23(25)32/h5-9,12,21H,10-11,13-14H2,1-4H3/t21-/m1/s1. The summed E-state index contributed by atoms with van der Waals surface area (Å²) in [6, 6.07) is 9.45. The van der Waals surface area contributed by atoms with E-state index in [0.29, 0.717) is 25.2 Å². The molecular formula is C25H27N5O5. The second kappa shape index (κ2) is 7.79. The van der Waals surface area contributed by atoms with Crippen LogP contribution >= 0.6 is 0 Å². The zero-order valence-corrected chi connectivity index (χ0v) is 20.1. The number of piperazine rings is 1. The van der Waals surface area contributed by atoms with E-state index in [0.717, 1.165) is 32.3 Å². The number of nitro benzene ring substituents is 1. The number of nitrogens with zero attached hydrogens (tertiary/aromatic N) is 5. The van der Waals surface area contributed by atoms with E-state index in [1.807, 2.05) is 30.0 Å². The van der Waals surface area contributed by atoms with E-state index < -0.39 is 34.2 Å². The van der Waals surface area contributed by atoms with Crippen LogP contribution in [0, 0.1) is 29.4 Å². The number of benzene rings is 2. The first-order valence-electron chi connectivity index (χ1n) is 11.5. The van der Waals surface area contributed by atoms with Gasteiger partial charge in [-0.3, -0.25) is 29.5 Å². The summed E-state index contributed by atoms with van der Waals surface area (Å²) in [5, 5.41) is 11.5. The number of non-ortho nitro benzene ring substituents is 1. The number of urea groups is 1. The molecule has 0 unspecified atom stereocenters. The number of amides is 4. The summed E-state index contributed by atoms with van der Waals surface area (Å²) in [6.07, 6.45) is -0.00849. The van der Waals surface area contributed by atoms with Crippen LogP contribution in [-0.2, 0) is 16.0 Å². The smallest absolute Gasteiger partial charge is 0.332 e. The van der Waals surface area contributed by atoms with Crippen molar-refractivity contribution in [3.8, 4) is 0 Å². The predicted octanol–water partition coefficient (Wildman–Crippen LogP) is 2.50. The van der Waals surface area contributed by atoms with Crippen LogP contribution in [0.15, 0.2) is 36.4 Å². The highest BCUT2D eigenvalue weighted by Crippen LogP contribution is 2.48. The van der Waals surface area contributed by atoms with Gasteiger partial charge in [-0.1, -0.05) is 12.1 Å². The molecule has 3 heterocycles. The van der Waals surface area contributed by atoms with Crippen LogP contribution in [0.5, 0.6) is 0 Å². The molecule has 10 nitrogen and oxygen atoms in total. The number of hydrogen-bond donors (Lipinski definition) is 0. The van der Waals surface area contributed by atoms with Crippen molar-refractivity contribution in [1.29, 1.82) is 0 Å². The highest BCUT2D eigenvalue weighted by atomic mass is 16.6. The van der Waals surface area contributed by atoms with Crippen LogP contribution in [0.1, 0.15) is 16.7 Å². The summed E-state index contributed by atoms with van der Waals surface area (Å²) < 4.78 is 0. The zero-order chi connectivity index (χ0) is 25.2. The largest absolute Gasteiger partial charge is 0.367 e. The highest BCUT2D eigenvalue weighted by Gasteiger charge is 2.64. The molecule has 0 radical (unpaired) electrons. The third-order valence-corrected chi connectivity index (χ3v) is 7.86. The predicted molar refractivity (Wildman–Crippen MR) is 129 cm³/mol. The third-order valence-electron chi connectivity index (χ3n) is 7.86. The summed E-state index contributed by atoms with van der Waals surface area (Å²) in [6.45, 7) is 5.67. The van der Waals surface area contributed by atoms with Gasteiger partial charge in [0.1, 0.15) is 0 Å². The van der Waals surface area contributed by atoms with Gasteiger partial charge in [-0.15, -0.1) is 0 Å². The number of rotatable bonds is 2. The van der Waals surface area contributed by atoms with Gasteiger partial charge in [-0.2, -0.15) is 0 Å². The van der Waals surface area contributed by atoms with E-state index in [9.17, 15) is 24.5 Å². The monoisotopic (exact) mass is 477 g/mol. The number of hydrogen-bond acceptors (Lipinski definition) is 7. The average Bonchev–Trinajstić information content (AvgIpc) is 2.86. The fourth-order valence-electron chi connectivity index (χ4n) is 5.84. The minimum absolute atomic E-state index is 0.00849. The fourth-order valence-corrected chi connectivity index (χ4v) is 5.84. The topological polar surface area (TPSA) is 107 Å². The number of aryl methyl sites for hydroxylation is 1. The Labute approximate surface area is 202 Å².